The Labute approximate surface area is 180 Å². The quantitative estimate of drug-likeness (QED) is 0.463. The number of rotatable bonds is 6. The number of pyridine rings is 1. The number of methoxy groups -OCH3 is 1. The number of nitrogens with zero attached hydrogens (tertiary/aromatic N) is 1. The zero-order chi connectivity index (χ0) is 23.0. The number of aliphatic hydroxyl groups excluding tert-OH is 1. The second kappa shape index (κ2) is 8.49. The third-order valence-corrected chi connectivity index (χ3v) is 5.27. The lowest BCUT2D eigenvalue weighted by atomic mass is 9.87. The van der Waals surface area contributed by atoms with Crippen molar-refractivity contribution in [1.29, 1.82) is 0 Å². The van der Waals surface area contributed by atoms with Crippen molar-refractivity contribution in [2.45, 2.75) is 24.7 Å². The Balaban J connectivity index is 2.25. The van der Waals surface area contributed by atoms with Crippen LogP contribution in [0.4, 0.5) is 23.2 Å². The molecule has 10 heteroatoms. The van der Waals surface area contributed by atoms with E-state index in [2.05, 4.69) is 10.3 Å². The van der Waals surface area contributed by atoms with Crippen LogP contribution < -0.4 is 10.1 Å². The highest BCUT2D eigenvalue weighted by Crippen LogP contribution is 2.46. The van der Waals surface area contributed by atoms with Crippen LogP contribution in [-0.4, -0.2) is 40.7 Å². The number of ether oxygens (including phenoxy) is 1. The topological polar surface area (TPSA) is 74.6 Å². The highest BCUT2D eigenvalue weighted by atomic mass is 35.5. The molecule has 3 N–H and O–H groups in total. The van der Waals surface area contributed by atoms with E-state index >= 15 is 0 Å². The first kappa shape index (κ1) is 23.1. The van der Waals surface area contributed by atoms with Crippen LogP contribution in [0.15, 0.2) is 42.5 Å². The summed E-state index contributed by atoms with van der Waals surface area (Å²) in [6, 6.07) is 8.15. The molecule has 0 saturated heterocycles. The van der Waals surface area contributed by atoms with Crippen LogP contribution in [0.25, 0.3) is 10.9 Å². The lowest BCUT2D eigenvalue weighted by molar-refractivity contribution is -0.277. The van der Waals surface area contributed by atoms with Gasteiger partial charge in [-0.2, -0.15) is 13.2 Å². The van der Waals surface area contributed by atoms with E-state index in [-0.39, 0.29) is 16.3 Å². The zero-order valence-electron chi connectivity index (χ0n) is 16.5. The summed E-state index contributed by atoms with van der Waals surface area (Å²) < 4.78 is 61.2. The average Bonchev–Trinajstić information content (AvgIpc) is 2.72. The number of hydrogen-bond acceptors (Lipinski definition) is 5. The van der Waals surface area contributed by atoms with Gasteiger partial charge in [-0.05, 0) is 37.3 Å². The maximum absolute atomic E-state index is 14.5. The average molecular weight is 459 g/mol. The van der Waals surface area contributed by atoms with E-state index in [0.717, 1.165) is 19.2 Å². The van der Waals surface area contributed by atoms with Gasteiger partial charge in [0.15, 0.2) is 11.6 Å². The molecule has 0 radical (unpaired) electrons. The highest BCUT2D eigenvalue weighted by molar-refractivity contribution is 6.30. The van der Waals surface area contributed by atoms with E-state index in [1.165, 1.54) is 6.07 Å². The molecule has 3 rings (SSSR count). The number of alkyl halides is 3. The van der Waals surface area contributed by atoms with Crippen LogP contribution in [0.1, 0.15) is 17.3 Å². The summed E-state index contributed by atoms with van der Waals surface area (Å²) >= 11 is 5.74. The van der Waals surface area contributed by atoms with Gasteiger partial charge in [-0.1, -0.05) is 23.7 Å². The summed E-state index contributed by atoms with van der Waals surface area (Å²) in [6.45, 7) is 0.0710. The lowest BCUT2D eigenvalue weighted by Gasteiger charge is -2.38. The summed E-state index contributed by atoms with van der Waals surface area (Å²) in [7, 11) is 1.06. The van der Waals surface area contributed by atoms with Crippen molar-refractivity contribution in [2.24, 2.45) is 0 Å². The highest BCUT2D eigenvalue weighted by Gasteiger charge is 2.59. The Morgan fingerprint density at radius 2 is 1.87 bits per heavy atom. The Kier molecular flexibility index (Phi) is 6.31. The van der Waals surface area contributed by atoms with Crippen molar-refractivity contribution in [3.8, 4) is 5.75 Å². The normalized spacial score (nSPS) is 14.9. The molecule has 3 aromatic rings. The maximum atomic E-state index is 14.5. The zero-order valence-corrected chi connectivity index (χ0v) is 17.2. The summed E-state index contributed by atoms with van der Waals surface area (Å²) in [5, 5.41) is 22.9. The number of hydrogen-bond donors (Lipinski definition) is 3. The number of halogens is 5. The molecule has 0 aliphatic carbocycles. The van der Waals surface area contributed by atoms with Gasteiger partial charge in [0.1, 0.15) is 0 Å². The summed E-state index contributed by atoms with van der Waals surface area (Å²) in [5.41, 5.74) is -2.68. The summed E-state index contributed by atoms with van der Waals surface area (Å²) in [5.74, 6) is -1.68. The largest absolute Gasteiger partial charge is 0.493 e. The van der Waals surface area contributed by atoms with Crippen molar-refractivity contribution >= 4 is 28.2 Å². The summed E-state index contributed by atoms with van der Waals surface area (Å²) in [6.07, 6.45) is -5.28. The molecule has 0 bridgehead atoms. The Morgan fingerprint density at radius 1 is 1.16 bits per heavy atom. The van der Waals surface area contributed by atoms with E-state index in [1.807, 2.05) is 0 Å². The Bertz CT molecular complexity index is 1110. The molecule has 0 amide bonds. The molecule has 166 valence electrons. The van der Waals surface area contributed by atoms with Crippen LogP contribution in [0, 0.1) is 12.7 Å². The van der Waals surface area contributed by atoms with Gasteiger partial charge in [-0.25, -0.2) is 4.39 Å². The molecule has 1 heterocycles. The molecule has 2 atom stereocenters. The first-order chi connectivity index (χ1) is 14.5. The number of aryl methyl sites for hydroxylation is 1. The predicted molar refractivity (Wildman–Crippen MR) is 109 cm³/mol. The molecule has 2 aromatic carbocycles. The van der Waals surface area contributed by atoms with Crippen molar-refractivity contribution in [3.63, 3.8) is 0 Å². The van der Waals surface area contributed by atoms with Crippen molar-refractivity contribution in [3.05, 3.63) is 64.6 Å². The van der Waals surface area contributed by atoms with Gasteiger partial charge in [0, 0.05) is 22.3 Å². The van der Waals surface area contributed by atoms with Crippen molar-refractivity contribution in [2.75, 3.05) is 19.0 Å². The molecule has 0 aliphatic heterocycles. The van der Waals surface area contributed by atoms with Crippen LogP contribution in [0.2, 0.25) is 5.02 Å². The van der Waals surface area contributed by atoms with Crippen molar-refractivity contribution in [1.82, 2.24) is 4.98 Å². The third-order valence-electron chi connectivity index (χ3n) is 4.98. The smallest absolute Gasteiger partial charge is 0.421 e. The second-order valence-corrected chi connectivity index (χ2v) is 7.37. The Morgan fingerprint density at radius 3 is 2.48 bits per heavy atom. The number of aromatic nitrogens is 1. The predicted octanol–water partition coefficient (Wildman–Crippen LogP) is 4.78. The van der Waals surface area contributed by atoms with Gasteiger partial charge in [0.25, 0.3) is 0 Å². The lowest BCUT2D eigenvalue weighted by Crippen LogP contribution is -2.55. The molecule has 5 nitrogen and oxygen atoms in total. The standard InChI is InChI=1S/C21H19ClF4N2O3/c1-11-6-7-12-15(27-11)4-3-5-16(12)28-19(20(30,10-29)21(24,25)26)13-8-9-14(22)17(23)18(13)31-2/h3-9,19,28-30H,10H2,1-2H3. The van der Waals surface area contributed by atoms with Gasteiger partial charge in [-0.3, -0.25) is 4.98 Å². The summed E-state index contributed by atoms with van der Waals surface area (Å²) in [4.78, 5) is 4.33. The fraction of sp³-hybridized carbons (Fsp3) is 0.286. The first-order valence-corrected chi connectivity index (χ1v) is 9.46. The molecule has 31 heavy (non-hydrogen) atoms. The number of aliphatic hydroxyl groups is 2. The number of anilines is 1. The van der Waals surface area contributed by atoms with E-state index < -0.39 is 36.0 Å². The minimum Gasteiger partial charge on any atom is -0.493 e. The van der Waals surface area contributed by atoms with E-state index in [9.17, 15) is 27.8 Å². The van der Waals surface area contributed by atoms with E-state index in [0.29, 0.717) is 16.6 Å². The maximum Gasteiger partial charge on any atom is 0.421 e. The van der Waals surface area contributed by atoms with Gasteiger partial charge in [0.05, 0.1) is 30.3 Å². The molecule has 0 saturated carbocycles. The van der Waals surface area contributed by atoms with Gasteiger partial charge in [-0.15, -0.1) is 0 Å². The van der Waals surface area contributed by atoms with E-state index in [1.54, 1.807) is 31.2 Å². The van der Waals surface area contributed by atoms with Gasteiger partial charge in [0.2, 0.25) is 5.60 Å². The van der Waals surface area contributed by atoms with Crippen molar-refractivity contribution < 1.29 is 32.5 Å². The van der Waals surface area contributed by atoms with Gasteiger partial charge >= 0.3 is 6.18 Å². The molecule has 1 aromatic heterocycles. The molecule has 0 aliphatic rings. The monoisotopic (exact) mass is 458 g/mol. The minimum absolute atomic E-state index is 0.184. The third kappa shape index (κ3) is 4.13. The number of fused-ring (bicyclic) bond motifs is 1. The number of nitrogens with one attached hydrogen (secondary N) is 1. The fourth-order valence-corrected chi connectivity index (χ4v) is 3.47. The fourth-order valence-electron chi connectivity index (χ4n) is 3.32. The van der Waals surface area contributed by atoms with E-state index in [4.69, 9.17) is 16.3 Å². The minimum atomic E-state index is -5.28. The first-order valence-electron chi connectivity index (χ1n) is 9.08. The molecular weight excluding hydrogens is 440 g/mol. The second-order valence-electron chi connectivity index (χ2n) is 6.97. The SMILES string of the molecule is COc1c(C(Nc2cccc3nc(C)ccc23)C(O)(CO)C(F)(F)F)ccc(Cl)c1F. The molecular formula is C21H19ClF4N2O3. The van der Waals surface area contributed by atoms with Crippen LogP contribution in [-0.2, 0) is 0 Å². The molecule has 0 fully saturated rings. The van der Waals surface area contributed by atoms with Crippen LogP contribution >= 0.6 is 11.6 Å². The Hall–Kier alpha value is -2.62. The molecule has 2 unspecified atom stereocenters. The molecule has 0 spiro atoms. The number of benzene rings is 2. The van der Waals surface area contributed by atoms with Crippen LogP contribution in [0.5, 0.6) is 5.75 Å². The van der Waals surface area contributed by atoms with Crippen LogP contribution in [0.3, 0.4) is 0 Å². The van der Waals surface area contributed by atoms with Gasteiger partial charge < -0.3 is 20.3 Å².